The third-order valence-corrected chi connectivity index (χ3v) is 4.74. The number of benzene rings is 1. The summed E-state index contributed by atoms with van der Waals surface area (Å²) in [5.74, 6) is 0. The molecule has 1 unspecified atom stereocenters. The van der Waals surface area contributed by atoms with Crippen molar-refractivity contribution in [3.05, 3.63) is 53.3 Å². The fraction of sp³-hybridized carbons (Fsp3) is 0.455. The lowest BCUT2D eigenvalue weighted by Crippen LogP contribution is -2.38. The molecule has 1 aliphatic rings. The van der Waals surface area contributed by atoms with E-state index in [1.807, 2.05) is 6.07 Å². The van der Waals surface area contributed by atoms with Crippen molar-refractivity contribution in [1.82, 2.24) is 9.88 Å². The summed E-state index contributed by atoms with van der Waals surface area (Å²) in [6, 6.07) is 8.11. The highest BCUT2D eigenvalue weighted by Gasteiger charge is 2.33. The van der Waals surface area contributed by atoms with Crippen molar-refractivity contribution in [2.24, 2.45) is 0 Å². The van der Waals surface area contributed by atoms with Crippen LogP contribution in [0.3, 0.4) is 0 Å². The number of likely N-dealkylation sites (N-methyl/N-ethyl adjacent to an activating group) is 1. The minimum absolute atomic E-state index is 0.273. The maximum Gasteiger partial charge on any atom is 0.433 e. The molecule has 2 heterocycles. The van der Waals surface area contributed by atoms with Crippen LogP contribution in [-0.2, 0) is 22.1 Å². The number of rotatable bonds is 3. The lowest BCUT2D eigenvalue weighted by atomic mass is 9.89. The number of carbonyl (C=O) groups is 1. The molecule has 0 saturated carbocycles. The lowest BCUT2D eigenvalue weighted by molar-refractivity contribution is -0.141. The van der Waals surface area contributed by atoms with Gasteiger partial charge in [0.1, 0.15) is 17.4 Å². The Labute approximate surface area is 173 Å². The Morgan fingerprint density at radius 1 is 1.27 bits per heavy atom. The minimum atomic E-state index is -4.51. The summed E-state index contributed by atoms with van der Waals surface area (Å²) in [6.45, 7) is 6.06. The molecule has 1 aromatic carbocycles. The zero-order valence-corrected chi connectivity index (χ0v) is 17.4. The van der Waals surface area contributed by atoms with E-state index in [1.165, 1.54) is 11.1 Å². The van der Waals surface area contributed by atoms with Crippen LogP contribution in [0.4, 0.5) is 18.0 Å². The van der Waals surface area contributed by atoms with Crippen LogP contribution >= 0.6 is 0 Å². The number of hydrogen-bond acceptors (Lipinski definition) is 4. The molecule has 1 amide bonds. The molecule has 162 valence electrons. The first kappa shape index (κ1) is 22.1. The van der Waals surface area contributed by atoms with Gasteiger partial charge in [-0.05, 0) is 61.6 Å². The van der Waals surface area contributed by atoms with Gasteiger partial charge >= 0.3 is 12.3 Å². The SMILES string of the molecule is CN(CC1OCCc2c(-c3ccnc(C(F)(F)F)c3)cccc21)C(=O)OC(C)(C)C. The third kappa shape index (κ3) is 5.11. The molecule has 0 N–H and O–H groups in total. The summed E-state index contributed by atoms with van der Waals surface area (Å²) >= 11 is 0. The molecule has 0 bridgehead atoms. The molecule has 0 spiro atoms. The van der Waals surface area contributed by atoms with Crippen molar-refractivity contribution in [3.8, 4) is 11.1 Å². The second-order valence-corrected chi connectivity index (χ2v) is 8.27. The van der Waals surface area contributed by atoms with Gasteiger partial charge in [0.05, 0.1) is 13.2 Å². The number of carbonyl (C=O) groups excluding carboxylic acids is 1. The largest absolute Gasteiger partial charge is 0.444 e. The Morgan fingerprint density at radius 3 is 2.67 bits per heavy atom. The van der Waals surface area contributed by atoms with Crippen LogP contribution in [0, 0.1) is 0 Å². The van der Waals surface area contributed by atoms with Crippen molar-refractivity contribution in [2.75, 3.05) is 20.2 Å². The van der Waals surface area contributed by atoms with Gasteiger partial charge in [0, 0.05) is 13.2 Å². The van der Waals surface area contributed by atoms with Crippen LogP contribution in [0.25, 0.3) is 11.1 Å². The molecule has 2 aromatic rings. The average molecular weight is 422 g/mol. The van der Waals surface area contributed by atoms with Gasteiger partial charge in [-0.1, -0.05) is 18.2 Å². The molecule has 1 atom stereocenters. The molecule has 8 heteroatoms. The molecule has 3 rings (SSSR count). The van der Waals surface area contributed by atoms with Crippen LogP contribution in [0.5, 0.6) is 0 Å². The summed E-state index contributed by atoms with van der Waals surface area (Å²) in [5.41, 5.74) is 1.42. The zero-order chi connectivity index (χ0) is 22.1. The molecule has 30 heavy (non-hydrogen) atoms. The van der Waals surface area contributed by atoms with Gasteiger partial charge < -0.3 is 14.4 Å². The van der Waals surface area contributed by atoms with Crippen LogP contribution in [-0.4, -0.2) is 41.8 Å². The Kier molecular flexibility index (Phi) is 6.08. The predicted molar refractivity (Wildman–Crippen MR) is 106 cm³/mol. The van der Waals surface area contributed by atoms with E-state index in [0.717, 1.165) is 17.2 Å². The smallest absolute Gasteiger partial charge is 0.433 e. The van der Waals surface area contributed by atoms with Crippen molar-refractivity contribution in [2.45, 2.75) is 45.1 Å². The van der Waals surface area contributed by atoms with E-state index in [-0.39, 0.29) is 6.54 Å². The molecule has 0 aliphatic carbocycles. The van der Waals surface area contributed by atoms with Gasteiger partial charge in [-0.3, -0.25) is 4.98 Å². The van der Waals surface area contributed by atoms with Gasteiger partial charge in [0.2, 0.25) is 0 Å². The van der Waals surface area contributed by atoms with Crippen molar-refractivity contribution in [1.29, 1.82) is 0 Å². The third-order valence-electron chi connectivity index (χ3n) is 4.74. The number of hydrogen-bond donors (Lipinski definition) is 0. The Morgan fingerprint density at radius 2 is 2.00 bits per heavy atom. The second-order valence-electron chi connectivity index (χ2n) is 8.27. The van der Waals surface area contributed by atoms with Gasteiger partial charge in [0.15, 0.2) is 0 Å². The number of nitrogens with zero attached hydrogens (tertiary/aromatic N) is 2. The van der Waals surface area contributed by atoms with Crippen LogP contribution < -0.4 is 0 Å². The fourth-order valence-corrected chi connectivity index (χ4v) is 3.42. The molecule has 5 nitrogen and oxygen atoms in total. The zero-order valence-electron chi connectivity index (χ0n) is 17.4. The topological polar surface area (TPSA) is 51.7 Å². The number of aromatic nitrogens is 1. The lowest BCUT2D eigenvalue weighted by Gasteiger charge is -2.32. The van der Waals surface area contributed by atoms with Crippen molar-refractivity contribution >= 4 is 6.09 Å². The fourth-order valence-electron chi connectivity index (χ4n) is 3.42. The minimum Gasteiger partial charge on any atom is -0.444 e. The number of alkyl halides is 3. The van der Waals surface area contributed by atoms with Gasteiger partial charge in [-0.15, -0.1) is 0 Å². The first-order valence-corrected chi connectivity index (χ1v) is 9.67. The Balaban J connectivity index is 1.89. The molecular formula is C22H25F3N2O3. The number of pyridine rings is 1. The van der Waals surface area contributed by atoms with Gasteiger partial charge in [0.25, 0.3) is 0 Å². The summed E-state index contributed by atoms with van der Waals surface area (Å²) in [7, 11) is 1.63. The maximum absolute atomic E-state index is 13.1. The van der Waals surface area contributed by atoms with Crippen molar-refractivity contribution in [3.63, 3.8) is 0 Å². The average Bonchev–Trinajstić information content (AvgIpc) is 2.66. The summed E-state index contributed by atoms with van der Waals surface area (Å²) in [6.07, 6.45) is -3.62. The monoisotopic (exact) mass is 422 g/mol. The normalized spacial score (nSPS) is 16.7. The highest BCUT2D eigenvalue weighted by Crippen LogP contribution is 2.36. The van der Waals surface area contributed by atoms with E-state index >= 15 is 0 Å². The molecule has 0 fully saturated rings. The maximum atomic E-state index is 13.1. The van der Waals surface area contributed by atoms with E-state index in [2.05, 4.69) is 4.98 Å². The van der Waals surface area contributed by atoms with Gasteiger partial charge in [-0.25, -0.2) is 4.79 Å². The first-order valence-electron chi connectivity index (χ1n) is 9.67. The second kappa shape index (κ2) is 8.26. The first-order chi connectivity index (χ1) is 14.0. The van der Waals surface area contributed by atoms with Crippen LogP contribution in [0.2, 0.25) is 0 Å². The van der Waals surface area contributed by atoms with E-state index in [1.54, 1.807) is 46.0 Å². The molecule has 0 saturated heterocycles. The summed E-state index contributed by atoms with van der Waals surface area (Å²) < 4.78 is 50.5. The highest BCUT2D eigenvalue weighted by molar-refractivity contribution is 5.70. The van der Waals surface area contributed by atoms with Crippen LogP contribution in [0.15, 0.2) is 36.5 Å². The molecule has 0 radical (unpaired) electrons. The van der Waals surface area contributed by atoms with Gasteiger partial charge in [-0.2, -0.15) is 13.2 Å². The molecule has 1 aromatic heterocycles. The number of fused-ring (bicyclic) bond motifs is 1. The number of ether oxygens (including phenoxy) is 2. The van der Waals surface area contributed by atoms with Crippen LogP contribution in [0.1, 0.15) is 43.7 Å². The van der Waals surface area contributed by atoms with E-state index in [0.29, 0.717) is 24.2 Å². The van der Waals surface area contributed by atoms with Crippen molar-refractivity contribution < 1.29 is 27.4 Å². The standard InChI is InChI=1S/C22H25F3N2O3/c1-21(2,3)30-20(28)27(4)13-18-17-7-5-6-15(16(17)9-11-29-18)14-8-10-26-19(12-14)22(23,24)25/h5-8,10,12,18H,9,11,13H2,1-4H3. The summed E-state index contributed by atoms with van der Waals surface area (Å²) in [5, 5.41) is 0. The number of halogens is 3. The van der Waals surface area contributed by atoms with E-state index in [4.69, 9.17) is 9.47 Å². The predicted octanol–water partition coefficient (Wildman–Crippen LogP) is 5.25. The number of amides is 1. The Bertz CT molecular complexity index is 923. The van der Waals surface area contributed by atoms with E-state index < -0.39 is 29.7 Å². The quantitative estimate of drug-likeness (QED) is 0.678. The molecule has 1 aliphatic heterocycles. The molecular weight excluding hydrogens is 397 g/mol. The Hall–Kier alpha value is -2.61. The van der Waals surface area contributed by atoms with E-state index in [9.17, 15) is 18.0 Å². The summed E-state index contributed by atoms with van der Waals surface area (Å²) in [4.78, 5) is 17.2. The highest BCUT2D eigenvalue weighted by atomic mass is 19.4.